The Kier molecular flexibility index (Phi) is 3.64. The number of nitrogens with zero attached hydrogens (tertiary/aromatic N) is 2. The van der Waals surface area contributed by atoms with Crippen molar-refractivity contribution in [1.82, 2.24) is 9.97 Å². The molecule has 0 bridgehead atoms. The third kappa shape index (κ3) is 2.65. The first-order chi connectivity index (χ1) is 9.00. The van der Waals surface area contributed by atoms with Crippen LogP contribution in [0.2, 0.25) is 0 Å². The number of hydrogen-bond acceptors (Lipinski definition) is 4. The van der Waals surface area contributed by atoms with Crippen LogP contribution in [0.1, 0.15) is 19.4 Å². The topological polar surface area (TPSA) is 75.1 Å². The molecule has 1 atom stereocenters. The summed E-state index contributed by atoms with van der Waals surface area (Å²) in [6, 6.07) is 5.11. The van der Waals surface area contributed by atoms with Crippen molar-refractivity contribution >= 4 is 22.7 Å². The lowest BCUT2D eigenvalue weighted by atomic mass is 10.0. The Labute approximate surface area is 111 Å². The lowest BCUT2D eigenvalue weighted by Gasteiger charge is -2.19. The van der Waals surface area contributed by atoms with Gasteiger partial charge in [-0.15, -0.1) is 0 Å². The predicted octanol–water partition coefficient (Wildman–Crippen LogP) is 2.46. The summed E-state index contributed by atoms with van der Waals surface area (Å²) in [5, 5.41) is 13.1. The molecule has 1 aromatic heterocycles. The number of benzene rings is 1. The molecular formula is C14H17N3O2. The summed E-state index contributed by atoms with van der Waals surface area (Å²) in [6.45, 7) is 5.69. The molecule has 0 fully saturated rings. The third-order valence-corrected chi connectivity index (χ3v) is 3.09. The van der Waals surface area contributed by atoms with Gasteiger partial charge in [0.1, 0.15) is 18.2 Å². The van der Waals surface area contributed by atoms with Gasteiger partial charge in [-0.2, -0.15) is 0 Å². The second kappa shape index (κ2) is 5.22. The van der Waals surface area contributed by atoms with Crippen LogP contribution in [0, 0.1) is 12.8 Å². The van der Waals surface area contributed by atoms with Crippen molar-refractivity contribution in [2.75, 3.05) is 5.32 Å². The highest BCUT2D eigenvalue weighted by Crippen LogP contribution is 2.23. The zero-order chi connectivity index (χ0) is 14.0. The molecule has 0 aliphatic rings. The molecule has 0 saturated heterocycles. The molecule has 1 aromatic carbocycles. The van der Waals surface area contributed by atoms with Gasteiger partial charge in [0.2, 0.25) is 0 Å². The number of anilines is 1. The summed E-state index contributed by atoms with van der Waals surface area (Å²) in [5.74, 6) is -0.350. The van der Waals surface area contributed by atoms with Crippen LogP contribution in [0.15, 0.2) is 24.5 Å². The normalized spacial score (nSPS) is 12.6. The molecule has 0 aliphatic heterocycles. The van der Waals surface area contributed by atoms with Crippen LogP contribution in [-0.4, -0.2) is 27.1 Å². The van der Waals surface area contributed by atoms with Gasteiger partial charge in [0.25, 0.3) is 0 Å². The molecule has 0 unspecified atom stereocenters. The minimum Gasteiger partial charge on any atom is -0.480 e. The quantitative estimate of drug-likeness (QED) is 0.882. The Morgan fingerprint density at radius 2 is 2.05 bits per heavy atom. The molecule has 0 spiro atoms. The summed E-state index contributed by atoms with van der Waals surface area (Å²) < 4.78 is 0. The number of hydrogen-bond donors (Lipinski definition) is 2. The first kappa shape index (κ1) is 13.3. The number of carboxylic acids is 1. The molecule has 5 nitrogen and oxygen atoms in total. The number of carbonyl (C=O) groups is 1. The number of para-hydroxylation sites is 1. The van der Waals surface area contributed by atoms with Crippen LogP contribution < -0.4 is 5.32 Å². The number of aromatic nitrogens is 2. The van der Waals surface area contributed by atoms with E-state index in [0.717, 1.165) is 16.5 Å². The van der Waals surface area contributed by atoms with Crippen molar-refractivity contribution in [3.05, 3.63) is 30.1 Å². The molecule has 2 rings (SSSR count). The maximum atomic E-state index is 11.2. The van der Waals surface area contributed by atoms with Gasteiger partial charge in [-0.25, -0.2) is 14.8 Å². The fraction of sp³-hybridized carbons (Fsp3) is 0.357. The average Bonchev–Trinajstić information content (AvgIpc) is 2.36. The van der Waals surface area contributed by atoms with Gasteiger partial charge in [0.05, 0.1) is 5.52 Å². The predicted molar refractivity (Wildman–Crippen MR) is 74.2 cm³/mol. The van der Waals surface area contributed by atoms with E-state index in [1.807, 2.05) is 39.0 Å². The van der Waals surface area contributed by atoms with Gasteiger partial charge in [-0.3, -0.25) is 0 Å². The average molecular weight is 259 g/mol. The smallest absolute Gasteiger partial charge is 0.326 e. The molecule has 2 aromatic rings. The maximum Gasteiger partial charge on any atom is 0.326 e. The Balaban J connectivity index is 2.46. The van der Waals surface area contributed by atoms with E-state index >= 15 is 0 Å². The zero-order valence-electron chi connectivity index (χ0n) is 11.2. The van der Waals surface area contributed by atoms with Crippen molar-refractivity contribution in [1.29, 1.82) is 0 Å². The molecule has 2 N–H and O–H groups in total. The Morgan fingerprint density at radius 3 is 2.68 bits per heavy atom. The molecule has 0 aliphatic carbocycles. The fourth-order valence-corrected chi connectivity index (χ4v) is 2.01. The molecule has 0 amide bonds. The van der Waals surface area contributed by atoms with E-state index in [4.69, 9.17) is 0 Å². The minimum absolute atomic E-state index is 0.0349. The Hall–Kier alpha value is -2.17. The van der Waals surface area contributed by atoms with Crippen LogP contribution in [0.4, 0.5) is 5.82 Å². The van der Waals surface area contributed by atoms with Crippen molar-refractivity contribution in [3.63, 3.8) is 0 Å². The Bertz CT molecular complexity index is 611. The molecule has 0 saturated carbocycles. The van der Waals surface area contributed by atoms with Crippen molar-refractivity contribution in [2.24, 2.45) is 5.92 Å². The molecule has 5 heteroatoms. The van der Waals surface area contributed by atoms with Crippen molar-refractivity contribution in [2.45, 2.75) is 26.8 Å². The van der Waals surface area contributed by atoms with E-state index < -0.39 is 12.0 Å². The number of carboxylic acid groups (broad SMARTS) is 1. The van der Waals surface area contributed by atoms with Gasteiger partial charge in [-0.1, -0.05) is 26.0 Å². The molecule has 0 radical (unpaired) electrons. The van der Waals surface area contributed by atoms with Gasteiger partial charge in [0, 0.05) is 5.39 Å². The number of rotatable bonds is 4. The molecule has 19 heavy (non-hydrogen) atoms. The summed E-state index contributed by atoms with van der Waals surface area (Å²) in [6.07, 6.45) is 1.46. The van der Waals surface area contributed by atoms with Crippen LogP contribution in [0.25, 0.3) is 10.9 Å². The lowest BCUT2D eigenvalue weighted by Crippen LogP contribution is -2.34. The highest BCUT2D eigenvalue weighted by Gasteiger charge is 2.22. The van der Waals surface area contributed by atoms with Gasteiger partial charge < -0.3 is 10.4 Å². The summed E-state index contributed by atoms with van der Waals surface area (Å²) in [5.41, 5.74) is 1.88. The van der Waals surface area contributed by atoms with Crippen LogP contribution in [0.5, 0.6) is 0 Å². The zero-order valence-corrected chi connectivity index (χ0v) is 11.2. The van der Waals surface area contributed by atoms with Gasteiger partial charge in [0.15, 0.2) is 0 Å². The summed E-state index contributed by atoms with van der Waals surface area (Å²) >= 11 is 0. The van der Waals surface area contributed by atoms with Crippen LogP contribution in [-0.2, 0) is 4.79 Å². The van der Waals surface area contributed by atoms with E-state index in [0.29, 0.717) is 5.82 Å². The van der Waals surface area contributed by atoms with Gasteiger partial charge >= 0.3 is 5.97 Å². The lowest BCUT2D eigenvalue weighted by molar-refractivity contribution is -0.138. The first-order valence-corrected chi connectivity index (χ1v) is 6.20. The Morgan fingerprint density at radius 1 is 1.32 bits per heavy atom. The maximum absolute atomic E-state index is 11.2. The van der Waals surface area contributed by atoms with Crippen molar-refractivity contribution in [3.8, 4) is 0 Å². The molecule has 100 valence electrons. The van der Waals surface area contributed by atoms with Crippen LogP contribution >= 0.6 is 0 Å². The summed E-state index contributed by atoms with van der Waals surface area (Å²) in [7, 11) is 0. The van der Waals surface area contributed by atoms with E-state index in [9.17, 15) is 9.90 Å². The van der Waals surface area contributed by atoms with E-state index in [2.05, 4.69) is 15.3 Å². The first-order valence-electron chi connectivity index (χ1n) is 6.20. The molecule has 1 heterocycles. The SMILES string of the molecule is Cc1cccc2c(N[C@H](C(=O)O)C(C)C)ncnc12. The number of aliphatic carboxylic acids is 1. The van der Waals surface area contributed by atoms with E-state index in [1.54, 1.807) is 0 Å². The minimum atomic E-state index is -0.880. The van der Waals surface area contributed by atoms with Crippen LogP contribution in [0.3, 0.4) is 0 Å². The largest absolute Gasteiger partial charge is 0.480 e. The highest BCUT2D eigenvalue weighted by molar-refractivity contribution is 5.92. The number of aryl methyl sites for hydroxylation is 1. The standard InChI is InChI=1S/C14H17N3O2/c1-8(2)11(14(18)19)17-13-10-6-4-5-9(3)12(10)15-7-16-13/h4-8,11H,1-3H3,(H,18,19)(H,15,16,17)/t11-/m0/s1. The number of fused-ring (bicyclic) bond motifs is 1. The highest BCUT2D eigenvalue weighted by atomic mass is 16.4. The second-order valence-corrected chi connectivity index (χ2v) is 4.90. The third-order valence-electron chi connectivity index (χ3n) is 3.09. The van der Waals surface area contributed by atoms with Crippen molar-refractivity contribution < 1.29 is 9.90 Å². The van der Waals surface area contributed by atoms with E-state index in [-0.39, 0.29) is 5.92 Å². The fourth-order valence-electron chi connectivity index (χ4n) is 2.01. The molecular weight excluding hydrogens is 242 g/mol. The van der Waals surface area contributed by atoms with E-state index in [1.165, 1.54) is 6.33 Å². The van der Waals surface area contributed by atoms with Gasteiger partial charge in [-0.05, 0) is 24.5 Å². The monoisotopic (exact) mass is 259 g/mol. The summed E-state index contributed by atoms with van der Waals surface area (Å²) in [4.78, 5) is 19.6. The second-order valence-electron chi connectivity index (χ2n) is 4.90. The number of nitrogens with one attached hydrogen (secondary N) is 1.